The van der Waals surface area contributed by atoms with E-state index in [1.54, 1.807) is 6.92 Å². The third-order valence-electron chi connectivity index (χ3n) is 2.22. The number of carbonyl (C=O) groups excluding carboxylic acids is 1. The Labute approximate surface area is 112 Å². The van der Waals surface area contributed by atoms with E-state index in [1.165, 1.54) is 12.3 Å². The summed E-state index contributed by atoms with van der Waals surface area (Å²) in [6.07, 6.45) is -2.19. The Bertz CT molecular complexity index is 512. The van der Waals surface area contributed by atoms with Gasteiger partial charge in [0.25, 0.3) is 0 Å². The lowest BCUT2D eigenvalue weighted by Crippen LogP contribution is -2.15. The molecule has 0 radical (unpaired) electrons. The summed E-state index contributed by atoms with van der Waals surface area (Å²) in [7, 11) is 0. The van der Waals surface area contributed by atoms with E-state index >= 15 is 0 Å². The minimum atomic E-state index is -4.61. The minimum Gasteiger partial charge on any atom is -0.501 e. The SMILES string of the molecule is CCOC=Cc1cc(C(F)(F)F)c(Cl)cc1C(N)=O. The highest BCUT2D eigenvalue weighted by Gasteiger charge is 2.34. The van der Waals surface area contributed by atoms with Crippen LogP contribution in [0.1, 0.15) is 28.4 Å². The van der Waals surface area contributed by atoms with Crippen LogP contribution in [-0.2, 0) is 10.9 Å². The van der Waals surface area contributed by atoms with Crippen molar-refractivity contribution in [2.75, 3.05) is 6.61 Å². The summed E-state index contributed by atoms with van der Waals surface area (Å²) in [4.78, 5) is 11.2. The van der Waals surface area contributed by atoms with Crippen LogP contribution in [0.2, 0.25) is 5.02 Å². The molecule has 104 valence electrons. The maximum atomic E-state index is 12.7. The van der Waals surface area contributed by atoms with Crippen LogP contribution in [0.3, 0.4) is 0 Å². The van der Waals surface area contributed by atoms with E-state index in [0.29, 0.717) is 6.61 Å². The first-order chi connectivity index (χ1) is 8.77. The van der Waals surface area contributed by atoms with Crippen LogP contribution >= 0.6 is 11.6 Å². The smallest absolute Gasteiger partial charge is 0.417 e. The van der Waals surface area contributed by atoms with Crippen molar-refractivity contribution in [2.45, 2.75) is 13.1 Å². The second kappa shape index (κ2) is 5.97. The van der Waals surface area contributed by atoms with E-state index in [0.717, 1.165) is 12.1 Å². The Balaban J connectivity index is 3.36. The van der Waals surface area contributed by atoms with Gasteiger partial charge in [-0.1, -0.05) is 11.6 Å². The van der Waals surface area contributed by atoms with Crippen LogP contribution in [0.5, 0.6) is 0 Å². The molecule has 1 rings (SSSR count). The molecule has 0 aromatic heterocycles. The maximum Gasteiger partial charge on any atom is 0.417 e. The van der Waals surface area contributed by atoms with E-state index in [9.17, 15) is 18.0 Å². The summed E-state index contributed by atoms with van der Waals surface area (Å²) in [5.74, 6) is -0.869. The highest BCUT2D eigenvalue weighted by Crippen LogP contribution is 2.36. The molecule has 7 heteroatoms. The number of amides is 1. The fourth-order valence-corrected chi connectivity index (χ4v) is 1.65. The van der Waals surface area contributed by atoms with Crippen LogP contribution in [-0.4, -0.2) is 12.5 Å². The second-order valence-electron chi connectivity index (χ2n) is 3.54. The predicted octanol–water partition coefficient (Wildman–Crippen LogP) is 3.46. The molecule has 1 aromatic carbocycles. The lowest BCUT2D eigenvalue weighted by atomic mass is 10.0. The van der Waals surface area contributed by atoms with Gasteiger partial charge in [-0.05, 0) is 30.7 Å². The Hall–Kier alpha value is -1.69. The summed E-state index contributed by atoms with van der Waals surface area (Å²) in [6, 6.07) is 1.66. The summed E-state index contributed by atoms with van der Waals surface area (Å²) in [5, 5.41) is -0.574. The summed E-state index contributed by atoms with van der Waals surface area (Å²) < 4.78 is 43.0. The van der Waals surface area contributed by atoms with Gasteiger partial charge in [0.05, 0.1) is 23.5 Å². The van der Waals surface area contributed by atoms with Gasteiger partial charge in [0.1, 0.15) is 0 Å². The third kappa shape index (κ3) is 3.89. The normalized spacial score (nSPS) is 11.8. The van der Waals surface area contributed by atoms with Gasteiger partial charge in [0.2, 0.25) is 5.91 Å². The Morgan fingerprint density at radius 2 is 2.11 bits per heavy atom. The largest absolute Gasteiger partial charge is 0.501 e. The van der Waals surface area contributed by atoms with Crippen molar-refractivity contribution in [3.63, 3.8) is 0 Å². The van der Waals surface area contributed by atoms with Crippen LogP contribution < -0.4 is 5.73 Å². The van der Waals surface area contributed by atoms with Crippen molar-refractivity contribution < 1.29 is 22.7 Å². The Morgan fingerprint density at radius 1 is 1.47 bits per heavy atom. The van der Waals surface area contributed by atoms with Crippen LogP contribution in [0.15, 0.2) is 18.4 Å². The molecule has 0 spiro atoms. The van der Waals surface area contributed by atoms with Crippen molar-refractivity contribution in [3.05, 3.63) is 40.1 Å². The molecule has 0 aliphatic carbocycles. The van der Waals surface area contributed by atoms with E-state index in [2.05, 4.69) is 0 Å². The highest BCUT2D eigenvalue weighted by molar-refractivity contribution is 6.32. The predicted molar refractivity (Wildman–Crippen MR) is 65.6 cm³/mol. The third-order valence-corrected chi connectivity index (χ3v) is 2.53. The molecule has 3 nitrogen and oxygen atoms in total. The molecule has 0 fully saturated rings. The number of benzene rings is 1. The molecule has 0 unspecified atom stereocenters. The molecular formula is C12H11ClF3NO2. The van der Waals surface area contributed by atoms with Crippen molar-refractivity contribution in [1.82, 2.24) is 0 Å². The number of nitrogens with two attached hydrogens (primary N) is 1. The standard InChI is InChI=1S/C12H11ClF3NO2/c1-2-19-4-3-7-5-9(12(14,15)16)10(13)6-8(7)11(17)18/h3-6H,2H2,1H3,(H2,17,18). The van der Waals surface area contributed by atoms with Crippen molar-refractivity contribution in [1.29, 1.82) is 0 Å². The molecule has 0 aliphatic rings. The first kappa shape index (κ1) is 15.4. The zero-order valence-corrected chi connectivity index (χ0v) is 10.7. The molecular weight excluding hydrogens is 283 g/mol. The molecule has 0 bridgehead atoms. The van der Waals surface area contributed by atoms with Gasteiger partial charge in [0, 0.05) is 5.56 Å². The number of alkyl halides is 3. The number of rotatable bonds is 4. The minimum absolute atomic E-state index is 0.00215. The lowest BCUT2D eigenvalue weighted by molar-refractivity contribution is -0.137. The number of carbonyl (C=O) groups is 1. The van der Waals surface area contributed by atoms with Gasteiger partial charge < -0.3 is 10.5 Å². The fourth-order valence-electron chi connectivity index (χ4n) is 1.38. The Kier molecular flexibility index (Phi) is 4.83. The van der Waals surface area contributed by atoms with E-state index in [1.807, 2.05) is 0 Å². The number of hydrogen-bond acceptors (Lipinski definition) is 2. The van der Waals surface area contributed by atoms with Crippen LogP contribution in [0.4, 0.5) is 13.2 Å². The number of primary amides is 1. The summed E-state index contributed by atoms with van der Waals surface area (Å²) in [6.45, 7) is 2.06. The molecule has 0 aliphatic heterocycles. The zero-order valence-electron chi connectivity index (χ0n) is 9.92. The van der Waals surface area contributed by atoms with Gasteiger partial charge in [0.15, 0.2) is 0 Å². The molecule has 1 aromatic rings. The summed E-state index contributed by atoms with van der Waals surface area (Å²) >= 11 is 5.51. The van der Waals surface area contributed by atoms with Crippen LogP contribution in [0, 0.1) is 0 Å². The fraction of sp³-hybridized carbons (Fsp3) is 0.250. The molecule has 1 amide bonds. The number of ether oxygens (including phenoxy) is 1. The number of halogens is 4. The van der Waals surface area contributed by atoms with E-state index in [4.69, 9.17) is 22.1 Å². The molecule has 2 N–H and O–H groups in total. The molecule has 19 heavy (non-hydrogen) atoms. The summed E-state index contributed by atoms with van der Waals surface area (Å²) in [5.41, 5.74) is 3.96. The lowest BCUT2D eigenvalue weighted by Gasteiger charge is -2.12. The topological polar surface area (TPSA) is 52.3 Å². The molecule has 0 atom stereocenters. The van der Waals surface area contributed by atoms with Crippen molar-refractivity contribution in [2.24, 2.45) is 5.73 Å². The average Bonchev–Trinajstić information content (AvgIpc) is 2.29. The van der Waals surface area contributed by atoms with Crippen LogP contribution in [0.25, 0.3) is 6.08 Å². The van der Waals surface area contributed by atoms with E-state index in [-0.39, 0.29) is 11.1 Å². The van der Waals surface area contributed by atoms with Gasteiger partial charge in [-0.25, -0.2) is 0 Å². The van der Waals surface area contributed by atoms with Crippen molar-refractivity contribution >= 4 is 23.6 Å². The van der Waals surface area contributed by atoms with E-state index < -0.39 is 22.7 Å². The highest BCUT2D eigenvalue weighted by atomic mass is 35.5. The molecule has 0 heterocycles. The molecule has 0 saturated heterocycles. The van der Waals surface area contributed by atoms with Crippen molar-refractivity contribution in [3.8, 4) is 0 Å². The Morgan fingerprint density at radius 3 is 2.58 bits per heavy atom. The maximum absolute atomic E-state index is 12.7. The zero-order chi connectivity index (χ0) is 14.6. The quantitative estimate of drug-likeness (QED) is 0.864. The molecule has 0 saturated carbocycles. The average molecular weight is 294 g/mol. The number of hydrogen-bond donors (Lipinski definition) is 1. The first-order valence-electron chi connectivity index (χ1n) is 5.26. The van der Waals surface area contributed by atoms with Gasteiger partial charge in [-0.2, -0.15) is 13.2 Å². The van der Waals surface area contributed by atoms with Gasteiger partial charge in [-0.15, -0.1) is 0 Å². The second-order valence-corrected chi connectivity index (χ2v) is 3.95. The first-order valence-corrected chi connectivity index (χ1v) is 5.63. The van der Waals surface area contributed by atoms with Gasteiger partial charge >= 0.3 is 6.18 Å². The van der Waals surface area contributed by atoms with Gasteiger partial charge in [-0.3, -0.25) is 4.79 Å². The monoisotopic (exact) mass is 293 g/mol.